The zero-order valence-corrected chi connectivity index (χ0v) is 17.7. The Bertz CT molecular complexity index is 1380. The Balaban J connectivity index is 1.51. The summed E-state index contributed by atoms with van der Waals surface area (Å²) >= 11 is 0. The molecule has 9 heteroatoms. The first-order chi connectivity index (χ1) is 15.1. The van der Waals surface area contributed by atoms with Gasteiger partial charge in [0.2, 0.25) is 14.9 Å². The number of hydrogen-bond donors (Lipinski definition) is 1. The minimum Gasteiger partial charge on any atom is -0.365 e. The maximum atomic E-state index is 13.3. The first kappa shape index (κ1) is 18.7. The number of piperidine rings is 3. The first-order valence-corrected chi connectivity index (χ1v) is 12.0. The smallest absolute Gasteiger partial charge is 0.229 e. The lowest BCUT2D eigenvalue weighted by Crippen LogP contribution is -2.53. The molecule has 0 unspecified atom stereocenters. The van der Waals surface area contributed by atoms with Gasteiger partial charge in [-0.1, -0.05) is 35.5 Å². The van der Waals surface area contributed by atoms with E-state index in [2.05, 4.69) is 20.5 Å². The minimum atomic E-state index is -3.84. The number of benzene rings is 2. The van der Waals surface area contributed by atoms with Crippen LogP contribution in [0, 0.1) is 5.92 Å². The Morgan fingerprint density at radius 1 is 0.968 bits per heavy atom. The van der Waals surface area contributed by atoms with E-state index in [1.54, 1.807) is 30.3 Å². The molecule has 0 radical (unpaired) electrons. The van der Waals surface area contributed by atoms with Crippen LogP contribution < -0.4 is 5.32 Å². The van der Waals surface area contributed by atoms with Crippen LogP contribution in [-0.4, -0.2) is 58.8 Å². The molecule has 3 aliphatic rings. The number of sulfone groups is 1. The molecule has 1 N–H and O–H groups in total. The van der Waals surface area contributed by atoms with Gasteiger partial charge in [-0.3, -0.25) is 0 Å². The summed E-state index contributed by atoms with van der Waals surface area (Å²) < 4.78 is 28.1. The second-order valence-corrected chi connectivity index (χ2v) is 10.2. The molecule has 5 heterocycles. The van der Waals surface area contributed by atoms with Crippen LogP contribution in [0.5, 0.6) is 0 Å². The predicted molar refractivity (Wildman–Crippen MR) is 117 cm³/mol. The van der Waals surface area contributed by atoms with Crippen LogP contribution >= 0.6 is 0 Å². The van der Waals surface area contributed by atoms with Gasteiger partial charge in [0.15, 0.2) is 5.65 Å². The molecule has 7 rings (SSSR count). The van der Waals surface area contributed by atoms with Gasteiger partial charge < -0.3 is 10.2 Å². The van der Waals surface area contributed by atoms with Crippen LogP contribution in [-0.2, 0) is 9.84 Å². The Labute approximate surface area is 179 Å². The highest BCUT2D eigenvalue weighted by molar-refractivity contribution is 7.91. The molecular formula is C22H22N6O2S. The van der Waals surface area contributed by atoms with E-state index in [9.17, 15) is 8.42 Å². The fourth-order valence-electron chi connectivity index (χ4n) is 4.84. The summed E-state index contributed by atoms with van der Waals surface area (Å²) in [4.78, 5) is 7.42. The standard InChI is InChI=1S/C22H22N6O2S/c29-31(30,16-6-2-1-3-7-16)22-21-24-20(23-18-14-27-12-10-15(18)11-13-27)17-8-4-5-9-19(17)28(21)26-25-22/h1-9,15,18H,10-14H2,(H,23,24)/t18-/m0/s1. The van der Waals surface area contributed by atoms with Gasteiger partial charge in [0, 0.05) is 18.0 Å². The minimum absolute atomic E-state index is 0.124. The van der Waals surface area contributed by atoms with Crippen LogP contribution in [0.1, 0.15) is 12.8 Å². The second-order valence-electron chi connectivity index (χ2n) is 8.31. The third kappa shape index (κ3) is 2.99. The lowest BCUT2D eigenvalue weighted by atomic mass is 9.84. The van der Waals surface area contributed by atoms with E-state index >= 15 is 0 Å². The van der Waals surface area contributed by atoms with Crippen molar-refractivity contribution in [2.45, 2.75) is 28.8 Å². The first-order valence-electron chi connectivity index (χ1n) is 10.5. The van der Waals surface area contributed by atoms with E-state index < -0.39 is 9.84 Å². The molecule has 0 saturated carbocycles. The highest BCUT2D eigenvalue weighted by Crippen LogP contribution is 2.32. The number of nitrogens with one attached hydrogen (secondary N) is 1. The molecular weight excluding hydrogens is 412 g/mol. The summed E-state index contributed by atoms with van der Waals surface area (Å²) in [7, 11) is -3.84. The van der Waals surface area contributed by atoms with E-state index in [1.807, 2.05) is 24.3 Å². The monoisotopic (exact) mass is 434 g/mol. The quantitative estimate of drug-likeness (QED) is 0.528. The van der Waals surface area contributed by atoms with Gasteiger partial charge in [0.05, 0.1) is 10.4 Å². The average molecular weight is 435 g/mol. The maximum Gasteiger partial charge on any atom is 0.229 e. The SMILES string of the molecule is O=S(=O)(c1ccccc1)c1nnn2c1nc(N[C@H]1CN3CCC1CC3)c1ccccc12. The normalized spacial score (nSPS) is 23.4. The maximum absolute atomic E-state index is 13.3. The van der Waals surface area contributed by atoms with E-state index in [0.29, 0.717) is 17.8 Å². The lowest BCUT2D eigenvalue weighted by molar-refractivity contribution is 0.0974. The number of para-hydroxylation sites is 1. The van der Waals surface area contributed by atoms with Crippen LogP contribution in [0.3, 0.4) is 0 Å². The van der Waals surface area contributed by atoms with Gasteiger partial charge in [-0.05, 0) is 56.1 Å². The summed E-state index contributed by atoms with van der Waals surface area (Å²) in [5, 5.41) is 12.6. The third-order valence-corrected chi connectivity index (χ3v) is 8.17. The van der Waals surface area contributed by atoms with E-state index in [0.717, 1.165) is 30.5 Å². The van der Waals surface area contributed by atoms with Gasteiger partial charge >= 0.3 is 0 Å². The molecule has 0 aliphatic carbocycles. The summed E-state index contributed by atoms with van der Waals surface area (Å²) in [6, 6.07) is 16.4. The molecule has 4 aromatic rings. The number of nitrogens with zero attached hydrogens (tertiary/aromatic N) is 5. The second kappa shape index (κ2) is 7.00. The fraction of sp³-hybridized carbons (Fsp3) is 0.318. The van der Waals surface area contributed by atoms with Gasteiger partial charge in [0.25, 0.3) is 0 Å². The Morgan fingerprint density at radius 2 is 1.71 bits per heavy atom. The Morgan fingerprint density at radius 3 is 2.45 bits per heavy atom. The molecule has 3 fully saturated rings. The number of rotatable bonds is 4. The Kier molecular flexibility index (Phi) is 4.22. The van der Waals surface area contributed by atoms with Gasteiger partial charge in [-0.2, -0.15) is 4.52 Å². The van der Waals surface area contributed by atoms with Crippen molar-refractivity contribution in [3.8, 4) is 0 Å². The van der Waals surface area contributed by atoms with Crippen LogP contribution in [0.25, 0.3) is 16.6 Å². The summed E-state index contributed by atoms with van der Waals surface area (Å²) in [6.07, 6.45) is 2.36. The summed E-state index contributed by atoms with van der Waals surface area (Å²) in [6.45, 7) is 3.29. The van der Waals surface area contributed by atoms with E-state index in [4.69, 9.17) is 4.98 Å². The molecule has 8 nitrogen and oxygen atoms in total. The predicted octanol–water partition coefficient (Wildman–Crippen LogP) is 2.62. The highest BCUT2D eigenvalue weighted by Gasteiger charge is 2.35. The van der Waals surface area contributed by atoms with Crippen LogP contribution in [0.4, 0.5) is 5.82 Å². The zero-order valence-electron chi connectivity index (χ0n) is 16.8. The average Bonchev–Trinajstić information content (AvgIpc) is 3.26. The molecule has 158 valence electrons. The van der Waals surface area contributed by atoms with E-state index in [-0.39, 0.29) is 15.6 Å². The van der Waals surface area contributed by atoms with Crippen molar-refractivity contribution in [2.75, 3.05) is 25.0 Å². The van der Waals surface area contributed by atoms with Gasteiger partial charge in [-0.25, -0.2) is 13.4 Å². The van der Waals surface area contributed by atoms with Gasteiger partial charge in [0.1, 0.15) is 5.82 Å². The van der Waals surface area contributed by atoms with Gasteiger partial charge in [-0.15, -0.1) is 5.10 Å². The summed E-state index contributed by atoms with van der Waals surface area (Å²) in [5.74, 6) is 1.30. The highest BCUT2D eigenvalue weighted by atomic mass is 32.2. The molecule has 1 atom stereocenters. The van der Waals surface area contributed by atoms with Crippen molar-refractivity contribution >= 4 is 32.2 Å². The lowest BCUT2D eigenvalue weighted by Gasteiger charge is -2.45. The molecule has 0 amide bonds. The van der Waals surface area contributed by atoms with Crippen molar-refractivity contribution < 1.29 is 8.42 Å². The molecule has 2 aromatic carbocycles. The van der Waals surface area contributed by atoms with Crippen molar-refractivity contribution in [1.29, 1.82) is 0 Å². The van der Waals surface area contributed by atoms with Crippen molar-refractivity contribution in [3.05, 3.63) is 54.6 Å². The Hall–Kier alpha value is -3.04. The molecule has 0 spiro atoms. The zero-order chi connectivity index (χ0) is 21.0. The topological polar surface area (TPSA) is 92.5 Å². The largest absolute Gasteiger partial charge is 0.365 e. The fourth-order valence-corrected chi connectivity index (χ4v) is 6.10. The molecule has 3 aliphatic heterocycles. The van der Waals surface area contributed by atoms with Crippen LogP contribution in [0.2, 0.25) is 0 Å². The number of fused-ring (bicyclic) bond motifs is 6. The van der Waals surface area contributed by atoms with Crippen molar-refractivity contribution in [2.24, 2.45) is 5.92 Å². The number of hydrogen-bond acceptors (Lipinski definition) is 7. The molecule has 2 bridgehead atoms. The number of anilines is 1. The molecule has 3 saturated heterocycles. The summed E-state index contributed by atoms with van der Waals surface area (Å²) in [5.41, 5.74) is 1.02. The number of aromatic nitrogens is 4. The van der Waals surface area contributed by atoms with Crippen LogP contribution in [0.15, 0.2) is 64.5 Å². The van der Waals surface area contributed by atoms with Crippen molar-refractivity contribution in [3.63, 3.8) is 0 Å². The molecule has 31 heavy (non-hydrogen) atoms. The van der Waals surface area contributed by atoms with Crippen molar-refractivity contribution in [1.82, 2.24) is 24.7 Å². The third-order valence-electron chi connectivity index (χ3n) is 6.51. The molecule has 2 aromatic heterocycles. The van der Waals surface area contributed by atoms with E-state index in [1.165, 1.54) is 17.4 Å².